The normalized spacial score (nSPS) is 12.1. The Morgan fingerprint density at radius 2 is 2.05 bits per heavy atom. The van der Waals surface area contributed by atoms with Gasteiger partial charge in [0, 0.05) is 19.2 Å². The van der Waals surface area contributed by atoms with Gasteiger partial charge in [0.15, 0.2) is 5.75 Å². The van der Waals surface area contributed by atoms with Crippen LogP contribution in [0.5, 0.6) is 5.75 Å². The van der Waals surface area contributed by atoms with Gasteiger partial charge in [-0.15, -0.1) is 0 Å². The highest BCUT2D eigenvalue weighted by molar-refractivity contribution is 5.15. The van der Waals surface area contributed by atoms with Crippen LogP contribution in [0.1, 0.15) is 12.2 Å². The van der Waals surface area contributed by atoms with Crippen molar-refractivity contribution in [3.63, 3.8) is 0 Å². The number of halogens is 3. The molecule has 0 aromatic carbocycles. The molecule has 0 atom stereocenters. The lowest BCUT2D eigenvalue weighted by atomic mass is 10.3. The molecule has 0 bridgehead atoms. The Morgan fingerprint density at radius 1 is 1.37 bits per heavy atom. The van der Waals surface area contributed by atoms with Gasteiger partial charge in [0.2, 0.25) is 5.43 Å². The van der Waals surface area contributed by atoms with Crippen LogP contribution in [0.25, 0.3) is 0 Å². The van der Waals surface area contributed by atoms with Crippen LogP contribution in [0.15, 0.2) is 21.5 Å². The molecule has 0 saturated carbocycles. The first kappa shape index (κ1) is 15.5. The fourth-order valence-corrected chi connectivity index (χ4v) is 1.51. The van der Waals surface area contributed by atoms with E-state index in [0.29, 0.717) is 0 Å². The molecule has 2 N–H and O–H groups in total. The van der Waals surface area contributed by atoms with Crippen LogP contribution in [-0.4, -0.2) is 41.0 Å². The molecule has 1 aromatic rings. The minimum Gasteiger partial charge on any atom is -0.502 e. The van der Waals surface area contributed by atoms with Crippen LogP contribution in [-0.2, 0) is 6.54 Å². The summed E-state index contributed by atoms with van der Waals surface area (Å²) in [6, 6.07) is 0.942. The minimum atomic E-state index is -4.38. The summed E-state index contributed by atoms with van der Waals surface area (Å²) in [5.41, 5.74) is -0.713. The molecule has 1 heterocycles. The molecule has 0 radical (unpaired) electrons. The lowest BCUT2D eigenvalue weighted by molar-refractivity contribution is -0.147. The summed E-state index contributed by atoms with van der Waals surface area (Å²) in [5.74, 6) is -0.577. The van der Waals surface area contributed by atoms with E-state index in [0.717, 1.165) is 17.2 Å². The first-order valence-electron chi connectivity index (χ1n) is 5.52. The highest BCUT2D eigenvalue weighted by atomic mass is 19.4. The quantitative estimate of drug-likeness (QED) is 0.816. The van der Waals surface area contributed by atoms with E-state index >= 15 is 0 Å². The van der Waals surface area contributed by atoms with Crippen molar-refractivity contribution >= 4 is 0 Å². The van der Waals surface area contributed by atoms with Crippen LogP contribution >= 0.6 is 0 Å². The van der Waals surface area contributed by atoms with Crippen molar-refractivity contribution in [1.29, 1.82) is 0 Å². The Balaban J connectivity index is 2.75. The van der Waals surface area contributed by atoms with Crippen LogP contribution < -0.4 is 5.43 Å². The van der Waals surface area contributed by atoms with E-state index in [1.165, 1.54) is 0 Å². The Kier molecular flexibility index (Phi) is 5.37. The molecule has 0 spiro atoms. The number of aromatic hydroxyl groups is 1. The molecule has 0 aliphatic carbocycles. The van der Waals surface area contributed by atoms with Crippen molar-refractivity contribution in [3.05, 3.63) is 28.3 Å². The van der Waals surface area contributed by atoms with Gasteiger partial charge in [-0.1, -0.05) is 0 Å². The first-order valence-corrected chi connectivity index (χ1v) is 5.52. The number of aliphatic hydroxyl groups excluding tert-OH is 1. The molecule has 0 fully saturated rings. The number of rotatable bonds is 6. The van der Waals surface area contributed by atoms with E-state index in [9.17, 15) is 18.0 Å². The lowest BCUT2D eigenvalue weighted by Crippen LogP contribution is -2.35. The number of hydrogen-bond donors (Lipinski definition) is 2. The number of alkyl halides is 3. The summed E-state index contributed by atoms with van der Waals surface area (Å²) < 4.78 is 41.9. The van der Waals surface area contributed by atoms with E-state index in [1.807, 2.05) is 0 Å². The van der Waals surface area contributed by atoms with Crippen LogP contribution in [0, 0.1) is 0 Å². The Morgan fingerprint density at radius 3 is 2.58 bits per heavy atom. The van der Waals surface area contributed by atoms with Crippen molar-refractivity contribution in [2.24, 2.45) is 0 Å². The van der Waals surface area contributed by atoms with Gasteiger partial charge in [0.1, 0.15) is 12.0 Å². The molecule has 0 aliphatic heterocycles. The van der Waals surface area contributed by atoms with Gasteiger partial charge >= 0.3 is 6.18 Å². The fourth-order valence-electron chi connectivity index (χ4n) is 1.51. The van der Waals surface area contributed by atoms with Crippen molar-refractivity contribution < 1.29 is 27.8 Å². The van der Waals surface area contributed by atoms with Crippen molar-refractivity contribution in [3.8, 4) is 5.75 Å². The van der Waals surface area contributed by atoms with Crippen LogP contribution in [0.2, 0.25) is 0 Å². The van der Waals surface area contributed by atoms with E-state index in [-0.39, 0.29) is 31.9 Å². The van der Waals surface area contributed by atoms with Gasteiger partial charge in [-0.05, 0) is 6.42 Å². The Hall–Kier alpha value is -1.54. The van der Waals surface area contributed by atoms with E-state index in [2.05, 4.69) is 0 Å². The van der Waals surface area contributed by atoms with Crippen molar-refractivity contribution in [1.82, 2.24) is 4.90 Å². The summed E-state index contributed by atoms with van der Waals surface area (Å²) in [7, 11) is 0. The maximum Gasteiger partial charge on any atom is 0.401 e. The maximum atomic E-state index is 12.3. The molecule has 108 valence electrons. The second-order valence-corrected chi connectivity index (χ2v) is 4.00. The number of nitrogens with zero attached hydrogens (tertiary/aromatic N) is 1. The average molecular weight is 281 g/mol. The van der Waals surface area contributed by atoms with Gasteiger partial charge in [-0.2, -0.15) is 13.2 Å². The summed E-state index contributed by atoms with van der Waals surface area (Å²) in [6.07, 6.45) is -3.42. The van der Waals surface area contributed by atoms with Gasteiger partial charge in [-0.3, -0.25) is 9.69 Å². The highest BCUT2D eigenvalue weighted by Gasteiger charge is 2.30. The zero-order valence-corrected chi connectivity index (χ0v) is 9.98. The lowest BCUT2D eigenvalue weighted by Gasteiger charge is -2.22. The molecule has 5 nitrogen and oxygen atoms in total. The molecule has 0 aliphatic rings. The SMILES string of the molecule is O=c1cc(CN(CCCO)CC(F)(F)F)occ1O. The summed E-state index contributed by atoms with van der Waals surface area (Å²) in [4.78, 5) is 12.1. The molecule has 0 unspecified atom stereocenters. The zero-order valence-electron chi connectivity index (χ0n) is 9.98. The largest absolute Gasteiger partial charge is 0.502 e. The standard InChI is InChI=1S/C11H14F3NO4/c12-11(13,14)7-15(2-1-3-16)5-8-4-9(17)10(18)6-19-8/h4,6,16,18H,1-3,5,7H2. The van der Waals surface area contributed by atoms with Crippen LogP contribution in [0.4, 0.5) is 13.2 Å². The fraction of sp³-hybridized carbons (Fsp3) is 0.545. The van der Waals surface area contributed by atoms with Crippen molar-refractivity contribution in [2.75, 3.05) is 19.7 Å². The second-order valence-electron chi connectivity index (χ2n) is 4.00. The maximum absolute atomic E-state index is 12.3. The molecule has 19 heavy (non-hydrogen) atoms. The van der Waals surface area contributed by atoms with Gasteiger partial charge in [0.25, 0.3) is 0 Å². The Labute approximate surface area is 106 Å². The molecular formula is C11H14F3NO4. The predicted molar refractivity (Wildman–Crippen MR) is 59.7 cm³/mol. The van der Waals surface area contributed by atoms with Gasteiger partial charge in [0.05, 0.1) is 13.1 Å². The average Bonchev–Trinajstić information content (AvgIpc) is 2.29. The number of aliphatic hydroxyl groups is 1. The third kappa shape index (κ3) is 5.75. The molecule has 8 heteroatoms. The summed E-state index contributed by atoms with van der Waals surface area (Å²) in [6.45, 7) is -1.61. The smallest absolute Gasteiger partial charge is 0.401 e. The first-order chi connectivity index (χ1) is 8.81. The molecule has 1 aromatic heterocycles. The second kappa shape index (κ2) is 6.58. The topological polar surface area (TPSA) is 73.9 Å². The number of hydrogen-bond acceptors (Lipinski definition) is 5. The van der Waals surface area contributed by atoms with Gasteiger partial charge in [-0.25, -0.2) is 0 Å². The van der Waals surface area contributed by atoms with E-state index < -0.39 is 23.9 Å². The van der Waals surface area contributed by atoms with E-state index in [1.54, 1.807) is 0 Å². The molecule has 1 rings (SSSR count). The summed E-state index contributed by atoms with van der Waals surface area (Å²) in [5, 5.41) is 17.6. The van der Waals surface area contributed by atoms with E-state index in [4.69, 9.17) is 14.6 Å². The predicted octanol–water partition coefficient (Wildman–Crippen LogP) is 1.09. The van der Waals surface area contributed by atoms with Crippen molar-refractivity contribution in [2.45, 2.75) is 19.1 Å². The molecular weight excluding hydrogens is 267 g/mol. The molecule has 0 saturated heterocycles. The highest BCUT2D eigenvalue weighted by Crippen LogP contribution is 2.18. The third-order valence-corrected chi connectivity index (χ3v) is 2.28. The monoisotopic (exact) mass is 281 g/mol. The zero-order chi connectivity index (χ0) is 14.5. The third-order valence-electron chi connectivity index (χ3n) is 2.28. The molecule has 0 amide bonds. The van der Waals surface area contributed by atoms with Gasteiger partial charge < -0.3 is 14.6 Å². The van der Waals surface area contributed by atoms with Crippen LogP contribution in [0.3, 0.4) is 0 Å². The summed E-state index contributed by atoms with van der Waals surface area (Å²) >= 11 is 0. The Bertz CT molecular complexity index is 458. The minimum absolute atomic E-state index is 0.0145.